The molecule has 4 N–H and O–H groups in total. The first-order chi connectivity index (χ1) is 8.75. The highest BCUT2D eigenvalue weighted by atomic mass is 32.2. The van der Waals surface area contributed by atoms with Gasteiger partial charge in [0.25, 0.3) is 0 Å². The zero-order valence-electron chi connectivity index (χ0n) is 9.85. The van der Waals surface area contributed by atoms with Crippen LogP contribution < -0.4 is 11.1 Å². The van der Waals surface area contributed by atoms with E-state index in [9.17, 15) is 4.79 Å². The third-order valence-electron chi connectivity index (χ3n) is 2.39. The number of nitrogens with two attached hydrogens (primary N) is 1. The average molecular weight is 261 g/mol. The SMILES string of the molecule is NC(=O)CSc1ccccc1NCc1ccc[nH]1. The van der Waals surface area contributed by atoms with E-state index in [2.05, 4.69) is 10.3 Å². The number of carbonyl (C=O) groups excluding carboxylic acids is 1. The first-order valence-electron chi connectivity index (χ1n) is 5.62. The summed E-state index contributed by atoms with van der Waals surface area (Å²) in [6.07, 6.45) is 1.89. The lowest BCUT2D eigenvalue weighted by Gasteiger charge is -2.10. The molecule has 0 aliphatic carbocycles. The Morgan fingerprint density at radius 2 is 2.11 bits per heavy atom. The smallest absolute Gasteiger partial charge is 0.227 e. The zero-order chi connectivity index (χ0) is 12.8. The maximum atomic E-state index is 10.8. The molecule has 18 heavy (non-hydrogen) atoms. The van der Waals surface area contributed by atoms with Crippen LogP contribution >= 0.6 is 11.8 Å². The van der Waals surface area contributed by atoms with Crippen LogP contribution in [-0.2, 0) is 11.3 Å². The normalized spacial score (nSPS) is 10.2. The number of thioether (sulfide) groups is 1. The fourth-order valence-corrected chi connectivity index (χ4v) is 2.32. The van der Waals surface area contributed by atoms with Gasteiger partial charge in [-0.15, -0.1) is 11.8 Å². The Morgan fingerprint density at radius 3 is 2.83 bits per heavy atom. The van der Waals surface area contributed by atoms with Crippen LogP contribution in [0.2, 0.25) is 0 Å². The number of aromatic amines is 1. The van der Waals surface area contributed by atoms with Crippen molar-refractivity contribution in [1.82, 2.24) is 4.98 Å². The summed E-state index contributed by atoms with van der Waals surface area (Å²) in [5.74, 6) is -0.0135. The molecule has 0 unspecified atom stereocenters. The molecular formula is C13H15N3OS. The van der Waals surface area contributed by atoms with Crippen molar-refractivity contribution in [1.29, 1.82) is 0 Å². The van der Waals surface area contributed by atoms with Gasteiger partial charge in [-0.3, -0.25) is 4.79 Å². The van der Waals surface area contributed by atoms with Crippen LogP contribution in [0, 0.1) is 0 Å². The van der Waals surface area contributed by atoms with Crippen LogP contribution in [0.25, 0.3) is 0 Å². The maximum Gasteiger partial charge on any atom is 0.227 e. The van der Waals surface area contributed by atoms with Gasteiger partial charge in [0.05, 0.1) is 12.3 Å². The molecule has 4 nitrogen and oxygen atoms in total. The molecule has 0 fully saturated rings. The van der Waals surface area contributed by atoms with Crippen molar-refractivity contribution in [3.63, 3.8) is 0 Å². The Hall–Kier alpha value is -1.88. The van der Waals surface area contributed by atoms with Gasteiger partial charge in [0, 0.05) is 22.5 Å². The second kappa shape index (κ2) is 6.16. The number of anilines is 1. The molecule has 0 spiro atoms. The van der Waals surface area contributed by atoms with E-state index in [0.29, 0.717) is 5.75 Å². The number of rotatable bonds is 6. The van der Waals surface area contributed by atoms with Gasteiger partial charge in [-0.1, -0.05) is 12.1 Å². The molecule has 5 heteroatoms. The molecule has 1 heterocycles. The van der Waals surface area contributed by atoms with Crippen molar-refractivity contribution in [2.75, 3.05) is 11.1 Å². The first kappa shape index (κ1) is 12.6. The molecule has 2 rings (SSSR count). The standard InChI is InChI=1S/C13H15N3OS/c14-13(17)9-18-12-6-2-1-5-11(12)16-8-10-4-3-7-15-10/h1-7,15-16H,8-9H2,(H2,14,17). The lowest BCUT2D eigenvalue weighted by Crippen LogP contribution is -2.13. The molecule has 1 amide bonds. The fraction of sp³-hybridized carbons (Fsp3) is 0.154. The van der Waals surface area contributed by atoms with E-state index in [1.54, 1.807) is 0 Å². The molecule has 0 saturated carbocycles. The van der Waals surface area contributed by atoms with Crippen molar-refractivity contribution in [2.24, 2.45) is 5.73 Å². The fourth-order valence-electron chi connectivity index (χ4n) is 1.56. The van der Waals surface area contributed by atoms with E-state index in [-0.39, 0.29) is 5.91 Å². The molecule has 1 aromatic heterocycles. The molecule has 2 aromatic rings. The minimum Gasteiger partial charge on any atom is -0.379 e. The summed E-state index contributed by atoms with van der Waals surface area (Å²) < 4.78 is 0. The third kappa shape index (κ3) is 3.56. The highest BCUT2D eigenvalue weighted by Crippen LogP contribution is 2.26. The number of para-hydroxylation sites is 1. The number of benzene rings is 1. The van der Waals surface area contributed by atoms with Crippen molar-refractivity contribution in [2.45, 2.75) is 11.4 Å². The van der Waals surface area contributed by atoms with Crippen molar-refractivity contribution in [3.05, 3.63) is 48.3 Å². The highest BCUT2D eigenvalue weighted by molar-refractivity contribution is 8.00. The summed E-state index contributed by atoms with van der Waals surface area (Å²) in [7, 11) is 0. The Labute approximate surface area is 110 Å². The van der Waals surface area contributed by atoms with Crippen LogP contribution in [0.5, 0.6) is 0 Å². The Bertz CT molecular complexity index is 511. The second-order valence-electron chi connectivity index (χ2n) is 3.80. The summed E-state index contributed by atoms with van der Waals surface area (Å²) in [4.78, 5) is 15.0. The van der Waals surface area contributed by atoms with E-state index in [1.807, 2.05) is 42.6 Å². The van der Waals surface area contributed by atoms with Gasteiger partial charge in [-0.2, -0.15) is 0 Å². The first-order valence-corrected chi connectivity index (χ1v) is 6.60. The number of amides is 1. The van der Waals surface area contributed by atoms with Gasteiger partial charge in [0.1, 0.15) is 0 Å². The molecule has 0 aliphatic heterocycles. The average Bonchev–Trinajstić information content (AvgIpc) is 2.88. The number of hydrogen-bond acceptors (Lipinski definition) is 3. The van der Waals surface area contributed by atoms with Crippen molar-refractivity contribution < 1.29 is 4.79 Å². The van der Waals surface area contributed by atoms with Crippen molar-refractivity contribution >= 4 is 23.4 Å². The van der Waals surface area contributed by atoms with Crippen molar-refractivity contribution in [3.8, 4) is 0 Å². The lowest BCUT2D eigenvalue weighted by atomic mass is 10.3. The number of nitrogens with one attached hydrogen (secondary N) is 2. The van der Waals surface area contributed by atoms with Gasteiger partial charge in [0.2, 0.25) is 5.91 Å². The predicted molar refractivity (Wildman–Crippen MR) is 74.5 cm³/mol. The molecule has 0 aliphatic rings. The number of aromatic nitrogens is 1. The van der Waals surface area contributed by atoms with Crippen LogP contribution in [-0.4, -0.2) is 16.6 Å². The van der Waals surface area contributed by atoms with Gasteiger partial charge in [-0.25, -0.2) is 0 Å². The minimum absolute atomic E-state index is 0.293. The van der Waals surface area contributed by atoms with Crippen LogP contribution in [0.1, 0.15) is 5.69 Å². The topological polar surface area (TPSA) is 70.9 Å². The van der Waals surface area contributed by atoms with E-state index in [1.165, 1.54) is 11.8 Å². The molecule has 1 aromatic carbocycles. The molecular weight excluding hydrogens is 246 g/mol. The third-order valence-corrected chi connectivity index (χ3v) is 3.48. The van der Waals surface area contributed by atoms with E-state index < -0.39 is 0 Å². The summed E-state index contributed by atoms with van der Waals surface area (Å²) >= 11 is 1.45. The van der Waals surface area contributed by atoms with E-state index >= 15 is 0 Å². The van der Waals surface area contributed by atoms with Crippen LogP contribution in [0.15, 0.2) is 47.5 Å². The number of primary amides is 1. The molecule has 0 atom stereocenters. The number of carbonyl (C=O) groups is 1. The van der Waals surface area contributed by atoms with Crippen LogP contribution in [0.3, 0.4) is 0 Å². The molecule has 94 valence electrons. The lowest BCUT2D eigenvalue weighted by molar-refractivity contribution is -0.115. The predicted octanol–water partition coefficient (Wildman–Crippen LogP) is 2.20. The van der Waals surface area contributed by atoms with Crippen LogP contribution in [0.4, 0.5) is 5.69 Å². The Kier molecular flexibility index (Phi) is 4.30. The maximum absolute atomic E-state index is 10.8. The Balaban J connectivity index is 2.00. The largest absolute Gasteiger partial charge is 0.379 e. The summed E-state index contributed by atoms with van der Waals surface area (Å²) in [5, 5.41) is 3.34. The summed E-state index contributed by atoms with van der Waals surface area (Å²) in [5.41, 5.74) is 7.28. The second-order valence-corrected chi connectivity index (χ2v) is 4.82. The van der Waals surface area contributed by atoms with Gasteiger partial charge in [-0.05, 0) is 24.3 Å². The van der Waals surface area contributed by atoms with Gasteiger partial charge < -0.3 is 16.0 Å². The molecule has 0 bridgehead atoms. The zero-order valence-corrected chi connectivity index (χ0v) is 10.7. The highest BCUT2D eigenvalue weighted by Gasteiger charge is 2.04. The molecule has 0 radical (unpaired) electrons. The van der Waals surface area contributed by atoms with Gasteiger partial charge in [0.15, 0.2) is 0 Å². The van der Waals surface area contributed by atoms with E-state index in [0.717, 1.165) is 22.8 Å². The number of H-pyrrole nitrogens is 1. The minimum atomic E-state index is -0.306. The Morgan fingerprint density at radius 1 is 1.28 bits per heavy atom. The number of hydrogen-bond donors (Lipinski definition) is 3. The summed E-state index contributed by atoms with van der Waals surface area (Å²) in [6, 6.07) is 11.9. The van der Waals surface area contributed by atoms with E-state index in [4.69, 9.17) is 5.73 Å². The quantitative estimate of drug-likeness (QED) is 0.698. The van der Waals surface area contributed by atoms with Gasteiger partial charge >= 0.3 is 0 Å². The molecule has 0 saturated heterocycles. The summed E-state index contributed by atoms with van der Waals surface area (Å²) in [6.45, 7) is 0.723. The monoisotopic (exact) mass is 261 g/mol.